The lowest BCUT2D eigenvalue weighted by Crippen LogP contribution is -2.26. The van der Waals surface area contributed by atoms with E-state index in [4.69, 9.17) is 50.2 Å². The number of hydrogen-bond donors (Lipinski definition) is 6. The molecule has 2 aromatic carbocycles. The number of anilines is 8. The van der Waals surface area contributed by atoms with Gasteiger partial charge >= 0.3 is 0 Å². The van der Waals surface area contributed by atoms with Crippen LogP contribution < -0.4 is 31.1 Å². The summed E-state index contributed by atoms with van der Waals surface area (Å²) in [5.41, 5.74) is 5.40. The van der Waals surface area contributed by atoms with E-state index in [-0.39, 0.29) is 0 Å². The highest BCUT2D eigenvalue weighted by Crippen LogP contribution is 2.28. The number of nitrogens with zero attached hydrogens (tertiary/aromatic N) is 8. The van der Waals surface area contributed by atoms with E-state index in [1.807, 2.05) is 80.6 Å². The Hall–Kier alpha value is -5.34. The van der Waals surface area contributed by atoms with Gasteiger partial charge in [0.15, 0.2) is 0 Å². The van der Waals surface area contributed by atoms with Gasteiger partial charge in [0, 0.05) is 58.7 Å². The Balaban J connectivity index is 1.32. The maximum absolute atomic E-state index is 4.83. The third kappa shape index (κ3) is 11.8. The van der Waals surface area contributed by atoms with Gasteiger partial charge in [0.25, 0.3) is 0 Å². The van der Waals surface area contributed by atoms with Gasteiger partial charge in [-0.3, -0.25) is 0 Å². The smallest absolute Gasteiger partial charge is 0.233 e. The molecule has 4 N–H and O–H groups in total. The van der Waals surface area contributed by atoms with Crippen LogP contribution in [0.15, 0.2) is 94.0 Å². The van der Waals surface area contributed by atoms with Crippen molar-refractivity contribution in [2.24, 2.45) is 0 Å². The van der Waals surface area contributed by atoms with E-state index in [1.165, 1.54) is 0 Å². The molecule has 4 aromatic rings. The van der Waals surface area contributed by atoms with Gasteiger partial charge in [-0.25, -0.2) is 0 Å². The summed E-state index contributed by atoms with van der Waals surface area (Å²) in [6.45, 7) is 15.7. The molecule has 1 aliphatic rings. The first-order chi connectivity index (χ1) is 27.2. The second-order valence-electron chi connectivity index (χ2n) is 13.0. The van der Waals surface area contributed by atoms with Crippen molar-refractivity contribution in [1.82, 2.24) is 29.9 Å². The van der Waals surface area contributed by atoms with Crippen LogP contribution in [-0.4, -0.2) is 56.1 Å². The van der Waals surface area contributed by atoms with Crippen molar-refractivity contribution in [3.63, 3.8) is 0 Å². The molecular formula is C42H54N12S2. The summed E-state index contributed by atoms with van der Waals surface area (Å²) in [7, 11) is 0. The van der Waals surface area contributed by atoms with Crippen molar-refractivity contribution in [1.29, 1.82) is 0 Å². The summed E-state index contributed by atoms with van der Waals surface area (Å²) in [5, 5.41) is 13.4. The van der Waals surface area contributed by atoms with Gasteiger partial charge in [-0.2, -0.15) is 29.9 Å². The van der Waals surface area contributed by atoms with E-state index in [2.05, 4.69) is 82.0 Å². The molecule has 0 spiro atoms. The third-order valence-corrected chi connectivity index (χ3v) is 9.52. The van der Waals surface area contributed by atoms with Crippen molar-refractivity contribution in [2.45, 2.75) is 77.0 Å². The van der Waals surface area contributed by atoms with E-state index in [0.717, 1.165) is 95.5 Å². The van der Waals surface area contributed by atoms with Crippen LogP contribution in [0, 0.1) is 0 Å². The Morgan fingerprint density at radius 2 is 1.20 bits per heavy atom. The first-order valence-electron chi connectivity index (χ1n) is 19.4. The number of rotatable bonds is 19. The van der Waals surface area contributed by atoms with Crippen LogP contribution in [0.3, 0.4) is 0 Å². The van der Waals surface area contributed by atoms with E-state index in [1.54, 1.807) is 0 Å². The summed E-state index contributed by atoms with van der Waals surface area (Å²) in [5.74, 6) is 3.10. The molecule has 0 radical (unpaired) electrons. The monoisotopic (exact) mass is 790 g/mol. The van der Waals surface area contributed by atoms with Crippen LogP contribution in [0.2, 0.25) is 0 Å². The zero-order chi connectivity index (χ0) is 39.9. The molecule has 2 heterocycles. The molecule has 56 heavy (non-hydrogen) atoms. The van der Waals surface area contributed by atoms with Gasteiger partial charge in [0.1, 0.15) is 0 Å². The molecule has 0 saturated heterocycles. The molecule has 14 heteroatoms. The van der Waals surface area contributed by atoms with Crippen molar-refractivity contribution < 1.29 is 0 Å². The fraction of sp³-hybridized carbons (Fsp3) is 0.333. The zero-order valence-corrected chi connectivity index (χ0v) is 35.0. The van der Waals surface area contributed by atoms with E-state index >= 15 is 0 Å². The Morgan fingerprint density at radius 1 is 0.679 bits per heavy atom. The number of nitrogens with one attached hydrogen (secondary N) is 4. The lowest BCUT2D eigenvalue weighted by molar-refractivity contribution is 0.759. The van der Waals surface area contributed by atoms with Crippen LogP contribution in [0.1, 0.15) is 78.4 Å². The fourth-order valence-corrected chi connectivity index (χ4v) is 6.47. The lowest BCUT2D eigenvalue weighted by Gasteiger charge is -2.21. The van der Waals surface area contributed by atoms with Crippen LogP contribution in [0.4, 0.5) is 47.1 Å². The maximum Gasteiger partial charge on any atom is 0.233 e. The normalized spacial score (nSPS) is 12.9. The molecule has 2 aromatic heterocycles. The molecule has 1 aliphatic carbocycles. The summed E-state index contributed by atoms with van der Waals surface area (Å²) in [6.07, 6.45) is 20.3. The summed E-state index contributed by atoms with van der Waals surface area (Å²) in [4.78, 5) is 34.3. The highest BCUT2D eigenvalue weighted by molar-refractivity contribution is 7.80. The van der Waals surface area contributed by atoms with Crippen LogP contribution in [0.5, 0.6) is 0 Å². The minimum atomic E-state index is 0.440. The highest BCUT2D eigenvalue weighted by Gasteiger charge is 2.15. The first kappa shape index (κ1) is 41.8. The average molecular weight is 791 g/mol. The Bertz CT molecular complexity index is 1970. The van der Waals surface area contributed by atoms with Crippen LogP contribution >= 0.6 is 25.3 Å². The van der Waals surface area contributed by atoms with Crippen molar-refractivity contribution in [3.05, 3.63) is 95.4 Å². The first-order valence-corrected chi connectivity index (χ1v) is 20.2. The lowest BCUT2D eigenvalue weighted by atomic mass is 10.1. The Morgan fingerprint density at radius 3 is 1.64 bits per heavy atom. The molecule has 5 rings (SSSR count). The minimum Gasteiger partial charge on any atom is -0.341 e. The van der Waals surface area contributed by atoms with Gasteiger partial charge in [-0.15, -0.1) is 25.3 Å². The second kappa shape index (κ2) is 21.1. The Labute approximate surface area is 342 Å². The SMILES string of the molecule is C/C=C\C(=C/C)Nc1nc(Nc2ccc(/C=C/c3ccc(Nc4nc(NC5=CCCC=C5)nc(N(CC)CCC)n4)cc3S)c(S)c2)nc(N(CC)CCC)n1. The Kier molecular flexibility index (Phi) is 15.8. The number of allylic oxidation sites excluding steroid dienone is 6. The average Bonchev–Trinajstić information content (AvgIpc) is 3.19. The molecule has 0 fully saturated rings. The van der Waals surface area contributed by atoms with E-state index in [9.17, 15) is 0 Å². The summed E-state index contributed by atoms with van der Waals surface area (Å²) >= 11 is 9.65. The maximum atomic E-state index is 4.83. The van der Waals surface area contributed by atoms with E-state index in [0.29, 0.717) is 35.7 Å². The second-order valence-corrected chi connectivity index (χ2v) is 14.0. The number of thiol groups is 2. The molecule has 0 amide bonds. The standard InChI is InChI=1S/C42H54N12S2/c1-7-16-31(10-4)43-37-47-39(51-41(49-37)53(11-5)25-8-2)45-33-23-21-29(35(55)27-33)19-20-30-22-24-34(28-36(30)56)46-40-48-38(44-32-17-14-13-15-18-32)50-42(52-40)54(12-6)26-9-3/h7,10,14,16-24,27-28,55-56H,8-9,11-13,15,25-26H2,1-6H3,(H2,43,45,47,49,51)(H2,44,46,48,50,52)/b16-7-,20-19+,31-10+. The minimum absolute atomic E-state index is 0.440. The predicted molar refractivity (Wildman–Crippen MR) is 241 cm³/mol. The third-order valence-electron chi connectivity index (χ3n) is 8.74. The van der Waals surface area contributed by atoms with Gasteiger partial charge in [0.2, 0.25) is 35.7 Å². The molecule has 294 valence electrons. The van der Waals surface area contributed by atoms with Crippen molar-refractivity contribution in [2.75, 3.05) is 57.2 Å². The molecule has 12 nitrogen and oxygen atoms in total. The largest absolute Gasteiger partial charge is 0.341 e. The molecule has 0 aliphatic heterocycles. The molecule has 0 bridgehead atoms. The number of benzene rings is 2. The van der Waals surface area contributed by atoms with Gasteiger partial charge in [0.05, 0.1) is 0 Å². The summed E-state index contributed by atoms with van der Waals surface area (Å²) < 4.78 is 0. The number of hydrogen-bond acceptors (Lipinski definition) is 14. The molecule has 0 unspecified atom stereocenters. The van der Waals surface area contributed by atoms with Crippen LogP contribution in [-0.2, 0) is 0 Å². The van der Waals surface area contributed by atoms with E-state index < -0.39 is 0 Å². The molecule has 0 saturated carbocycles. The quantitative estimate of drug-likeness (QED) is 0.0307. The predicted octanol–water partition coefficient (Wildman–Crippen LogP) is 10.3. The molecular weight excluding hydrogens is 737 g/mol. The van der Waals surface area contributed by atoms with Gasteiger partial charge in [-0.1, -0.05) is 62.4 Å². The van der Waals surface area contributed by atoms with Crippen molar-refractivity contribution >= 4 is 84.5 Å². The van der Waals surface area contributed by atoms with Gasteiger partial charge in [-0.05, 0) is 101 Å². The topological polar surface area (TPSA) is 132 Å². The van der Waals surface area contributed by atoms with Gasteiger partial charge < -0.3 is 31.1 Å². The highest BCUT2D eigenvalue weighted by atomic mass is 32.1. The zero-order valence-electron chi connectivity index (χ0n) is 33.2. The summed E-state index contributed by atoms with van der Waals surface area (Å²) in [6, 6.07) is 11.9. The number of aromatic nitrogens is 6. The van der Waals surface area contributed by atoms with Crippen LogP contribution in [0.25, 0.3) is 12.2 Å². The van der Waals surface area contributed by atoms with Crippen molar-refractivity contribution in [3.8, 4) is 0 Å². The fourth-order valence-electron chi connectivity index (χ4n) is 5.89. The molecule has 0 atom stereocenters.